The fourth-order valence-corrected chi connectivity index (χ4v) is 11.0. The molecule has 0 fully saturated rings. The molecule has 26 heteroatoms. The fourth-order valence-electron chi connectivity index (χ4n) is 6.55. The summed E-state index contributed by atoms with van der Waals surface area (Å²) in [6, 6.07) is 10.7. The highest BCUT2D eigenvalue weighted by Gasteiger charge is 2.95. The molecule has 0 unspecified atom stereocenters. The van der Waals surface area contributed by atoms with Crippen LogP contribution in [0.5, 0.6) is 11.5 Å². The molecule has 2 aromatic carbocycles. The van der Waals surface area contributed by atoms with Gasteiger partial charge in [-0.1, -0.05) is 45.9 Å². The van der Waals surface area contributed by atoms with Crippen LogP contribution in [0.3, 0.4) is 0 Å². The molecule has 67 heavy (non-hydrogen) atoms. The smallest absolute Gasteiger partial charge is 0.460 e. The van der Waals surface area contributed by atoms with Crippen molar-refractivity contribution >= 4 is 26.1 Å². The Balaban J connectivity index is 2.28. The van der Waals surface area contributed by atoms with E-state index in [0.29, 0.717) is 22.6 Å². The molecule has 1 amide bonds. The van der Waals surface area contributed by atoms with Crippen molar-refractivity contribution in [2.24, 2.45) is 0 Å². The largest absolute Gasteiger partial charge is 0.497 e. The van der Waals surface area contributed by atoms with Crippen LogP contribution in [0.15, 0.2) is 60.2 Å². The maximum absolute atomic E-state index is 15.0. The van der Waals surface area contributed by atoms with E-state index in [1.807, 2.05) is 0 Å². The standard InChI is InChI=1S/C41H48F17NO7Si/c1-8-63-32(60)26(6)10-9-11-31(66-33(61)59-28-14-18-29(62-7)19-15-28)27-12-16-30(17-13-27)64-21-22-65-67(24(2)3,25(4)5)23-20-34(42,43)35(44,45)36(46,47)37(48,49)38(50,51)39(52,53)40(54,55)41(56,57)58/h10,12-19,24-25,31H,8-9,11,20-23H2,1-7H3,(H,59,61)/b26-10+/t31-/m1/s1. The van der Waals surface area contributed by atoms with Crippen molar-refractivity contribution in [3.8, 4) is 11.5 Å². The zero-order valence-corrected chi connectivity index (χ0v) is 37.7. The first-order chi connectivity index (χ1) is 30.5. The minimum Gasteiger partial charge on any atom is -0.497 e. The Morgan fingerprint density at radius 1 is 0.672 bits per heavy atom. The van der Waals surface area contributed by atoms with Gasteiger partial charge in [0.25, 0.3) is 0 Å². The molecule has 0 heterocycles. The molecule has 0 aromatic heterocycles. The van der Waals surface area contributed by atoms with Gasteiger partial charge in [0.2, 0.25) is 0 Å². The number of anilines is 1. The number of carbonyl (C=O) groups excluding carboxylic acids is 2. The van der Waals surface area contributed by atoms with E-state index >= 15 is 8.78 Å². The number of nitrogens with one attached hydrogen (secondary N) is 1. The number of allylic oxidation sites excluding steroid dienone is 1. The van der Waals surface area contributed by atoms with Crippen LogP contribution in [-0.2, 0) is 18.7 Å². The number of hydrogen-bond acceptors (Lipinski definition) is 7. The number of rotatable bonds is 25. The second-order valence-electron chi connectivity index (χ2n) is 15.6. The number of halogens is 17. The van der Waals surface area contributed by atoms with Gasteiger partial charge < -0.3 is 23.4 Å². The van der Waals surface area contributed by atoms with Crippen LogP contribution in [0.4, 0.5) is 85.1 Å². The predicted octanol–water partition coefficient (Wildman–Crippen LogP) is 13.8. The Kier molecular flexibility index (Phi) is 19.1. The number of esters is 1. The highest BCUT2D eigenvalue weighted by molar-refractivity contribution is 6.76. The highest BCUT2D eigenvalue weighted by Crippen LogP contribution is 2.64. The molecule has 0 bridgehead atoms. The van der Waals surface area contributed by atoms with Gasteiger partial charge in [0.1, 0.15) is 24.2 Å². The third-order valence-electron chi connectivity index (χ3n) is 10.6. The maximum Gasteiger partial charge on any atom is 0.460 e. The van der Waals surface area contributed by atoms with Crippen LogP contribution in [-0.4, -0.2) is 94.9 Å². The molecular weight excluding hydrogens is 970 g/mol. The summed E-state index contributed by atoms with van der Waals surface area (Å²) >= 11 is 0. The number of hydrogen-bond donors (Lipinski definition) is 1. The van der Waals surface area contributed by atoms with Gasteiger partial charge >= 0.3 is 59.7 Å². The van der Waals surface area contributed by atoms with Gasteiger partial charge in [0, 0.05) is 17.7 Å². The summed E-state index contributed by atoms with van der Waals surface area (Å²) in [5.41, 5.74) is -0.687. The summed E-state index contributed by atoms with van der Waals surface area (Å²) in [5, 5.41) is 2.57. The molecule has 0 radical (unpaired) electrons. The lowest BCUT2D eigenvalue weighted by Crippen LogP contribution is -2.74. The van der Waals surface area contributed by atoms with Gasteiger partial charge in [-0.25, -0.2) is 9.59 Å². The summed E-state index contributed by atoms with van der Waals surface area (Å²) in [5.74, 6) is -56.8. The van der Waals surface area contributed by atoms with E-state index in [1.54, 1.807) is 37.3 Å². The van der Waals surface area contributed by atoms with E-state index in [9.17, 15) is 75.4 Å². The number of amides is 1. The lowest BCUT2D eigenvalue weighted by atomic mass is 9.88. The summed E-state index contributed by atoms with van der Waals surface area (Å²) < 4.78 is 263. The van der Waals surface area contributed by atoms with Gasteiger partial charge in [-0.3, -0.25) is 5.32 Å². The molecule has 0 aliphatic rings. The monoisotopic (exact) mass is 1020 g/mol. The van der Waals surface area contributed by atoms with Crippen LogP contribution in [0.25, 0.3) is 0 Å². The lowest BCUT2D eigenvalue weighted by Gasteiger charge is -2.44. The Morgan fingerprint density at radius 2 is 1.15 bits per heavy atom. The van der Waals surface area contributed by atoms with Crippen molar-refractivity contribution in [2.75, 3.05) is 32.2 Å². The number of ether oxygens (including phenoxy) is 4. The quantitative estimate of drug-likeness (QED) is 0.0348. The molecule has 0 saturated heterocycles. The fraction of sp³-hybridized carbons (Fsp3) is 0.610. The molecule has 0 aliphatic carbocycles. The van der Waals surface area contributed by atoms with Crippen LogP contribution < -0.4 is 14.8 Å². The minimum absolute atomic E-state index is 0.123. The van der Waals surface area contributed by atoms with Crippen LogP contribution in [0.1, 0.15) is 72.5 Å². The van der Waals surface area contributed by atoms with Crippen molar-refractivity contribution in [1.29, 1.82) is 0 Å². The molecule has 0 aliphatic heterocycles. The molecule has 0 saturated carbocycles. The average Bonchev–Trinajstić information content (AvgIpc) is 3.22. The average molecular weight is 1020 g/mol. The van der Waals surface area contributed by atoms with Crippen LogP contribution in [0.2, 0.25) is 17.1 Å². The number of methoxy groups -OCH3 is 1. The zero-order chi connectivity index (χ0) is 51.8. The lowest BCUT2D eigenvalue weighted by molar-refractivity contribution is -0.461. The second kappa shape index (κ2) is 21.9. The predicted molar refractivity (Wildman–Crippen MR) is 209 cm³/mol. The Morgan fingerprint density at radius 3 is 1.61 bits per heavy atom. The third kappa shape index (κ3) is 12.4. The first-order valence-corrected chi connectivity index (χ1v) is 22.3. The number of alkyl halides is 17. The molecule has 0 spiro atoms. The third-order valence-corrected chi connectivity index (χ3v) is 16.3. The van der Waals surface area contributed by atoms with E-state index in [-0.39, 0.29) is 25.2 Å². The summed E-state index contributed by atoms with van der Waals surface area (Å²) in [6.45, 7) is 7.61. The van der Waals surface area contributed by atoms with Gasteiger partial charge in [-0.05, 0) is 85.8 Å². The highest BCUT2D eigenvalue weighted by atomic mass is 28.4. The van der Waals surface area contributed by atoms with Crippen molar-refractivity contribution < 1.29 is 108 Å². The normalized spacial score (nSPS) is 14.6. The molecule has 2 aromatic rings. The Bertz CT molecular complexity index is 1950. The Hall–Kier alpha value is -4.49. The SMILES string of the molecule is CCOC(=O)/C(C)=C/CC[C@@H](OC(=O)Nc1ccc(OC)cc1)c1ccc(OCCO[Si](CCC(F)(F)C(F)(F)C(F)(F)C(F)(F)C(F)(F)C(F)(F)C(F)(F)C(F)(F)F)(C(C)C)C(C)C)cc1. The summed E-state index contributed by atoms with van der Waals surface area (Å²) in [7, 11) is -2.56. The number of carbonyl (C=O) groups is 2. The molecule has 1 N–H and O–H groups in total. The molecule has 1 atom stereocenters. The molecule has 382 valence electrons. The van der Waals surface area contributed by atoms with E-state index in [4.69, 9.17) is 23.4 Å². The number of benzene rings is 2. The molecule has 2 rings (SSSR count). The van der Waals surface area contributed by atoms with Crippen molar-refractivity contribution in [3.63, 3.8) is 0 Å². The minimum atomic E-state index is -8.70. The van der Waals surface area contributed by atoms with Gasteiger partial charge in [0.05, 0.1) is 20.3 Å². The first kappa shape index (κ1) is 58.6. The van der Waals surface area contributed by atoms with Crippen molar-refractivity contribution in [1.82, 2.24) is 0 Å². The first-order valence-electron chi connectivity index (χ1n) is 20.0. The van der Waals surface area contributed by atoms with Crippen molar-refractivity contribution in [3.05, 3.63) is 65.7 Å². The van der Waals surface area contributed by atoms with E-state index in [2.05, 4.69) is 5.32 Å². The van der Waals surface area contributed by atoms with Gasteiger partial charge in [0.15, 0.2) is 8.32 Å². The molecule has 8 nitrogen and oxygen atoms in total. The van der Waals surface area contributed by atoms with Crippen LogP contribution in [0, 0.1) is 0 Å². The van der Waals surface area contributed by atoms with E-state index in [0.717, 1.165) is 0 Å². The zero-order valence-electron chi connectivity index (χ0n) is 36.7. The topological polar surface area (TPSA) is 92.3 Å². The molecular formula is C41H48F17NO7Si. The van der Waals surface area contributed by atoms with Gasteiger partial charge in [-0.2, -0.15) is 74.6 Å². The summed E-state index contributed by atoms with van der Waals surface area (Å²) in [4.78, 5) is 24.9. The maximum atomic E-state index is 15.0. The van der Waals surface area contributed by atoms with Crippen molar-refractivity contribution in [2.45, 2.75) is 132 Å². The van der Waals surface area contributed by atoms with E-state index in [1.165, 1.54) is 66.0 Å². The van der Waals surface area contributed by atoms with E-state index < -0.39 is 111 Å². The van der Waals surface area contributed by atoms with Gasteiger partial charge in [-0.15, -0.1) is 0 Å². The van der Waals surface area contributed by atoms with Crippen LogP contribution >= 0.6 is 0 Å². The Labute approximate surface area is 374 Å². The summed E-state index contributed by atoms with van der Waals surface area (Å²) in [6.07, 6.45) is -10.2. The second-order valence-corrected chi connectivity index (χ2v) is 20.6.